The molecule has 0 saturated heterocycles. The molecule has 0 saturated carbocycles. The molecule has 0 spiro atoms. The first-order valence-electron chi connectivity index (χ1n) is 6.00. The second kappa shape index (κ2) is 6.33. The lowest BCUT2D eigenvalue weighted by Crippen LogP contribution is -2.24. The first-order chi connectivity index (χ1) is 9.54. The van der Waals surface area contributed by atoms with E-state index < -0.39 is 5.97 Å². The minimum Gasteiger partial charge on any atom is -0.481 e. The summed E-state index contributed by atoms with van der Waals surface area (Å²) in [7, 11) is 0. The van der Waals surface area contributed by atoms with Gasteiger partial charge >= 0.3 is 5.97 Å². The second-order valence-corrected chi connectivity index (χ2v) is 5.39. The summed E-state index contributed by atoms with van der Waals surface area (Å²) < 4.78 is 5.11. The van der Waals surface area contributed by atoms with Crippen LogP contribution in [0.4, 0.5) is 0 Å². The van der Waals surface area contributed by atoms with E-state index in [4.69, 9.17) is 9.52 Å². The van der Waals surface area contributed by atoms with Crippen LogP contribution in [-0.2, 0) is 29.0 Å². The van der Waals surface area contributed by atoms with Crippen LogP contribution < -0.4 is 5.32 Å². The number of nitrogens with zero attached hydrogens (tertiary/aromatic N) is 1. The normalized spacial score (nSPS) is 10.4. The highest BCUT2D eigenvalue weighted by molar-refractivity contribution is 7.11. The van der Waals surface area contributed by atoms with Gasteiger partial charge < -0.3 is 14.8 Å². The molecule has 20 heavy (non-hydrogen) atoms. The number of furan rings is 1. The number of thiazole rings is 1. The number of nitrogens with one attached hydrogen (secondary N) is 1. The van der Waals surface area contributed by atoms with Crippen molar-refractivity contribution >= 4 is 23.2 Å². The molecule has 0 bridgehead atoms. The molecule has 2 heterocycles. The molecule has 0 aromatic carbocycles. The molecule has 0 aliphatic carbocycles. The van der Waals surface area contributed by atoms with Crippen LogP contribution in [0.25, 0.3) is 0 Å². The molecule has 0 aliphatic rings. The molecule has 2 aromatic heterocycles. The SMILES string of the molecule is Cc1nc(CC(=O)NCc2ccco2)sc1CC(=O)O. The highest BCUT2D eigenvalue weighted by atomic mass is 32.1. The van der Waals surface area contributed by atoms with E-state index in [9.17, 15) is 9.59 Å². The fourth-order valence-corrected chi connectivity index (χ4v) is 2.72. The third kappa shape index (κ3) is 3.92. The summed E-state index contributed by atoms with van der Waals surface area (Å²) in [5.74, 6) is -0.386. The molecule has 7 heteroatoms. The molecule has 106 valence electrons. The quantitative estimate of drug-likeness (QED) is 0.843. The van der Waals surface area contributed by atoms with Crippen molar-refractivity contribution in [2.75, 3.05) is 0 Å². The van der Waals surface area contributed by atoms with Crippen LogP contribution >= 0.6 is 11.3 Å². The molecule has 0 unspecified atom stereocenters. The van der Waals surface area contributed by atoms with Crippen molar-refractivity contribution in [3.63, 3.8) is 0 Å². The van der Waals surface area contributed by atoms with E-state index in [2.05, 4.69) is 10.3 Å². The Labute approximate surface area is 119 Å². The van der Waals surface area contributed by atoms with Gasteiger partial charge in [-0.25, -0.2) is 4.98 Å². The van der Waals surface area contributed by atoms with Crippen LogP contribution in [0.1, 0.15) is 21.3 Å². The Morgan fingerprint density at radius 1 is 1.45 bits per heavy atom. The average molecular weight is 294 g/mol. The monoisotopic (exact) mass is 294 g/mol. The van der Waals surface area contributed by atoms with Crippen LogP contribution in [0.15, 0.2) is 22.8 Å². The van der Waals surface area contributed by atoms with Crippen LogP contribution in [0.2, 0.25) is 0 Å². The maximum absolute atomic E-state index is 11.7. The molecule has 6 nitrogen and oxygen atoms in total. The zero-order valence-electron chi connectivity index (χ0n) is 10.9. The van der Waals surface area contributed by atoms with Gasteiger partial charge in [0.2, 0.25) is 5.91 Å². The van der Waals surface area contributed by atoms with Crippen molar-refractivity contribution in [2.45, 2.75) is 26.3 Å². The predicted molar refractivity (Wildman–Crippen MR) is 72.4 cm³/mol. The largest absolute Gasteiger partial charge is 0.481 e. The molecule has 0 radical (unpaired) electrons. The maximum atomic E-state index is 11.7. The fraction of sp³-hybridized carbons (Fsp3) is 0.308. The second-order valence-electron chi connectivity index (χ2n) is 4.22. The van der Waals surface area contributed by atoms with Gasteiger partial charge in [0.1, 0.15) is 10.8 Å². The van der Waals surface area contributed by atoms with Gasteiger partial charge in [-0.3, -0.25) is 9.59 Å². The lowest BCUT2D eigenvalue weighted by molar-refractivity contribution is -0.136. The van der Waals surface area contributed by atoms with Crippen molar-refractivity contribution < 1.29 is 19.1 Å². The van der Waals surface area contributed by atoms with Crippen molar-refractivity contribution in [3.8, 4) is 0 Å². The van der Waals surface area contributed by atoms with Crippen LogP contribution in [0, 0.1) is 6.92 Å². The van der Waals surface area contributed by atoms with Crippen molar-refractivity contribution in [1.82, 2.24) is 10.3 Å². The first-order valence-corrected chi connectivity index (χ1v) is 6.82. The Kier molecular flexibility index (Phi) is 4.52. The fourth-order valence-electron chi connectivity index (χ4n) is 1.66. The van der Waals surface area contributed by atoms with Crippen molar-refractivity contribution in [1.29, 1.82) is 0 Å². The topological polar surface area (TPSA) is 92.4 Å². The highest BCUT2D eigenvalue weighted by Crippen LogP contribution is 2.19. The number of rotatable bonds is 6. The predicted octanol–water partition coefficient (Wildman–Crippen LogP) is 1.53. The van der Waals surface area contributed by atoms with Gasteiger partial charge in [-0.2, -0.15) is 0 Å². The first kappa shape index (κ1) is 14.3. The molecule has 2 rings (SSSR count). The van der Waals surface area contributed by atoms with E-state index in [1.54, 1.807) is 25.3 Å². The Hall–Kier alpha value is -2.15. The molecule has 0 fully saturated rings. The summed E-state index contributed by atoms with van der Waals surface area (Å²) >= 11 is 1.26. The number of amides is 1. The van der Waals surface area contributed by atoms with E-state index >= 15 is 0 Å². The molecule has 2 aromatic rings. The van der Waals surface area contributed by atoms with Crippen LogP contribution in [0.5, 0.6) is 0 Å². The Morgan fingerprint density at radius 3 is 2.90 bits per heavy atom. The smallest absolute Gasteiger partial charge is 0.308 e. The summed E-state index contributed by atoms with van der Waals surface area (Å²) in [6.07, 6.45) is 1.63. The van der Waals surface area contributed by atoms with E-state index in [1.165, 1.54) is 11.3 Å². The van der Waals surface area contributed by atoms with Crippen LogP contribution in [-0.4, -0.2) is 22.0 Å². The third-order valence-electron chi connectivity index (χ3n) is 2.60. The Bertz CT molecular complexity index is 604. The number of aliphatic carboxylic acids is 1. The standard InChI is InChI=1S/C13H14N2O4S/c1-8-10(5-13(17)18)20-12(15-8)6-11(16)14-7-9-3-2-4-19-9/h2-4H,5-7H2,1H3,(H,14,16)(H,17,18). The summed E-state index contributed by atoms with van der Waals surface area (Å²) in [6, 6.07) is 3.53. The van der Waals surface area contributed by atoms with Gasteiger partial charge in [0.15, 0.2) is 0 Å². The molecular formula is C13H14N2O4S. The number of hydrogen-bond donors (Lipinski definition) is 2. The van der Waals surface area contributed by atoms with Gasteiger partial charge in [0, 0.05) is 4.88 Å². The minimum atomic E-state index is -0.898. The molecule has 2 N–H and O–H groups in total. The lowest BCUT2D eigenvalue weighted by atomic mass is 10.3. The van der Waals surface area contributed by atoms with Gasteiger partial charge in [-0.15, -0.1) is 11.3 Å². The number of carbonyl (C=O) groups excluding carboxylic acids is 1. The molecule has 0 atom stereocenters. The number of carboxylic acid groups (broad SMARTS) is 1. The Balaban J connectivity index is 1.89. The summed E-state index contributed by atoms with van der Waals surface area (Å²) in [5.41, 5.74) is 0.672. The summed E-state index contributed by atoms with van der Waals surface area (Å²) in [6.45, 7) is 2.08. The van der Waals surface area contributed by atoms with Gasteiger partial charge in [0.25, 0.3) is 0 Å². The summed E-state index contributed by atoms with van der Waals surface area (Å²) in [4.78, 5) is 27.3. The van der Waals surface area contributed by atoms with Crippen molar-refractivity contribution in [2.24, 2.45) is 0 Å². The zero-order chi connectivity index (χ0) is 14.5. The van der Waals surface area contributed by atoms with E-state index in [0.29, 0.717) is 27.9 Å². The highest BCUT2D eigenvalue weighted by Gasteiger charge is 2.13. The molecular weight excluding hydrogens is 280 g/mol. The van der Waals surface area contributed by atoms with E-state index in [-0.39, 0.29) is 18.7 Å². The molecule has 1 amide bonds. The van der Waals surface area contributed by atoms with Gasteiger partial charge in [0.05, 0.1) is 31.3 Å². The minimum absolute atomic E-state index is 0.0580. The third-order valence-corrected chi connectivity index (χ3v) is 3.76. The maximum Gasteiger partial charge on any atom is 0.308 e. The number of hydrogen-bond acceptors (Lipinski definition) is 5. The van der Waals surface area contributed by atoms with Gasteiger partial charge in [-0.05, 0) is 19.1 Å². The zero-order valence-corrected chi connectivity index (χ0v) is 11.7. The van der Waals surface area contributed by atoms with E-state index in [1.807, 2.05) is 0 Å². The van der Waals surface area contributed by atoms with Crippen molar-refractivity contribution in [3.05, 3.63) is 39.7 Å². The number of aromatic nitrogens is 1. The van der Waals surface area contributed by atoms with E-state index in [0.717, 1.165) is 0 Å². The number of aryl methyl sites for hydroxylation is 1. The number of carboxylic acids is 1. The molecule has 0 aliphatic heterocycles. The lowest BCUT2D eigenvalue weighted by Gasteiger charge is -2.00. The average Bonchev–Trinajstić information content (AvgIpc) is 2.97. The van der Waals surface area contributed by atoms with Gasteiger partial charge in [-0.1, -0.05) is 0 Å². The van der Waals surface area contributed by atoms with Crippen LogP contribution in [0.3, 0.4) is 0 Å². The Morgan fingerprint density at radius 2 is 2.25 bits per heavy atom. The number of carbonyl (C=O) groups is 2. The summed E-state index contributed by atoms with van der Waals surface area (Å²) in [5, 5.41) is 12.1.